The van der Waals surface area contributed by atoms with E-state index in [0.717, 1.165) is 38.5 Å². The van der Waals surface area contributed by atoms with E-state index in [0.29, 0.717) is 5.41 Å². The summed E-state index contributed by atoms with van der Waals surface area (Å²) in [5.41, 5.74) is 0.403. The van der Waals surface area contributed by atoms with E-state index in [9.17, 15) is 0 Å². The second-order valence-corrected chi connectivity index (χ2v) is 7.38. The van der Waals surface area contributed by atoms with Crippen LogP contribution in [0.25, 0.3) is 0 Å². The Balaban J connectivity index is 0.00000264. The highest BCUT2D eigenvalue weighted by Gasteiger charge is 2.36. The van der Waals surface area contributed by atoms with Gasteiger partial charge in [0.2, 0.25) is 0 Å². The molecule has 0 spiro atoms. The van der Waals surface area contributed by atoms with Gasteiger partial charge < -0.3 is 15.4 Å². The third-order valence-electron chi connectivity index (χ3n) is 4.41. The second kappa shape index (κ2) is 10.5. The Labute approximate surface area is 160 Å². The molecule has 2 rings (SSSR count). The monoisotopic (exact) mass is 452 g/mol. The topological polar surface area (TPSA) is 58.5 Å². The number of methoxy groups -OCH3 is 1. The predicted octanol–water partition coefficient (Wildman–Crippen LogP) is 2.98. The predicted molar refractivity (Wildman–Crippen MR) is 108 cm³/mol. The molecule has 7 heteroatoms. The van der Waals surface area contributed by atoms with E-state index in [2.05, 4.69) is 27.5 Å². The quantitative estimate of drug-likeness (QED) is 0.362. The zero-order valence-electron chi connectivity index (χ0n) is 14.4. The van der Waals surface area contributed by atoms with Gasteiger partial charge in [-0.1, -0.05) is 6.42 Å². The van der Waals surface area contributed by atoms with Gasteiger partial charge in [0, 0.05) is 51.3 Å². The van der Waals surface area contributed by atoms with Gasteiger partial charge in [0.25, 0.3) is 0 Å². The van der Waals surface area contributed by atoms with Crippen molar-refractivity contribution in [2.75, 3.05) is 33.9 Å². The number of rotatable bonds is 8. The lowest BCUT2D eigenvalue weighted by Gasteiger charge is -2.42. The van der Waals surface area contributed by atoms with Crippen molar-refractivity contribution in [1.29, 1.82) is 0 Å². The molecule has 5 nitrogen and oxygen atoms in total. The largest absolute Gasteiger partial charge is 0.385 e. The van der Waals surface area contributed by atoms with Crippen LogP contribution in [0.5, 0.6) is 0 Å². The van der Waals surface area contributed by atoms with E-state index in [4.69, 9.17) is 4.74 Å². The van der Waals surface area contributed by atoms with Crippen LogP contribution in [0.4, 0.5) is 0 Å². The molecule has 1 aliphatic rings. The maximum atomic E-state index is 5.24. The van der Waals surface area contributed by atoms with Gasteiger partial charge in [0.1, 0.15) is 0 Å². The van der Waals surface area contributed by atoms with Crippen LogP contribution in [0, 0.1) is 12.3 Å². The van der Waals surface area contributed by atoms with Crippen LogP contribution in [0.15, 0.2) is 11.2 Å². The molecule has 0 aromatic carbocycles. The molecule has 1 fully saturated rings. The first kappa shape index (κ1) is 20.6. The number of ether oxygens (including phenoxy) is 1. The minimum absolute atomic E-state index is 0. The minimum atomic E-state index is 0. The molecule has 0 amide bonds. The first-order valence-corrected chi connectivity index (χ1v) is 8.84. The van der Waals surface area contributed by atoms with Gasteiger partial charge in [-0.15, -0.1) is 35.3 Å². The van der Waals surface area contributed by atoms with Crippen LogP contribution in [0.3, 0.4) is 0 Å². The molecule has 1 aromatic rings. The van der Waals surface area contributed by atoms with Gasteiger partial charge in [-0.05, 0) is 31.6 Å². The van der Waals surface area contributed by atoms with Crippen LogP contribution in [0.1, 0.15) is 35.6 Å². The van der Waals surface area contributed by atoms with Gasteiger partial charge >= 0.3 is 0 Å². The fourth-order valence-electron chi connectivity index (χ4n) is 2.81. The average molecular weight is 452 g/mol. The molecular formula is C16H29IN4OS. The molecule has 0 atom stereocenters. The van der Waals surface area contributed by atoms with Crippen molar-refractivity contribution in [1.82, 2.24) is 15.6 Å². The first-order valence-electron chi connectivity index (χ1n) is 8.02. The lowest BCUT2D eigenvalue weighted by Crippen LogP contribution is -2.47. The number of aryl methyl sites for hydroxylation is 1. The zero-order chi connectivity index (χ0) is 15.8. The number of hydrogen-bond donors (Lipinski definition) is 2. The summed E-state index contributed by atoms with van der Waals surface area (Å²) in [6, 6.07) is 0. The van der Waals surface area contributed by atoms with Crippen molar-refractivity contribution < 1.29 is 4.74 Å². The highest BCUT2D eigenvalue weighted by atomic mass is 127. The van der Waals surface area contributed by atoms with E-state index in [1.54, 1.807) is 18.4 Å². The summed E-state index contributed by atoms with van der Waals surface area (Å²) < 4.78 is 5.24. The first-order chi connectivity index (χ1) is 10.7. The summed E-state index contributed by atoms with van der Waals surface area (Å²) in [6.45, 7) is 4.77. The Bertz CT molecular complexity index is 488. The van der Waals surface area contributed by atoms with Gasteiger partial charge in [-0.25, -0.2) is 4.98 Å². The zero-order valence-corrected chi connectivity index (χ0v) is 17.5. The van der Waals surface area contributed by atoms with Crippen LogP contribution < -0.4 is 10.6 Å². The molecule has 0 saturated heterocycles. The van der Waals surface area contributed by atoms with Crippen molar-refractivity contribution in [2.45, 2.75) is 39.0 Å². The third kappa shape index (κ3) is 6.54. The lowest BCUT2D eigenvalue weighted by molar-refractivity contribution is 0.0732. The smallest absolute Gasteiger partial charge is 0.191 e. The summed E-state index contributed by atoms with van der Waals surface area (Å²) in [5.74, 6) is 0.886. The molecule has 23 heavy (non-hydrogen) atoms. The molecule has 0 unspecified atom stereocenters. The summed E-state index contributed by atoms with van der Waals surface area (Å²) >= 11 is 1.76. The highest BCUT2D eigenvalue weighted by molar-refractivity contribution is 14.0. The maximum absolute atomic E-state index is 5.24. The fourth-order valence-corrected chi connectivity index (χ4v) is 3.59. The van der Waals surface area contributed by atoms with Gasteiger partial charge in [-0.3, -0.25) is 4.99 Å². The maximum Gasteiger partial charge on any atom is 0.191 e. The SMILES string of the molecule is CN=C(NCCc1ncc(C)s1)NCC1(CCOC)CCC1.I. The number of thiazole rings is 1. The molecule has 0 bridgehead atoms. The number of nitrogens with zero attached hydrogens (tertiary/aromatic N) is 2. The molecule has 0 aliphatic heterocycles. The third-order valence-corrected chi connectivity index (χ3v) is 5.38. The molecule has 2 N–H and O–H groups in total. The average Bonchev–Trinajstić information content (AvgIpc) is 2.89. The van der Waals surface area contributed by atoms with Crippen molar-refractivity contribution in [2.24, 2.45) is 10.4 Å². The fraction of sp³-hybridized carbons (Fsp3) is 0.750. The number of guanidine groups is 1. The second-order valence-electron chi connectivity index (χ2n) is 6.06. The molecule has 132 valence electrons. The van der Waals surface area contributed by atoms with E-state index < -0.39 is 0 Å². The summed E-state index contributed by atoms with van der Waals surface area (Å²) in [6.07, 6.45) is 7.92. The summed E-state index contributed by atoms with van der Waals surface area (Å²) in [7, 11) is 3.60. The normalized spacial score (nSPS) is 16.4. The Morgan fingerprint density at radius 3 is 2.74 bits per heavy atom. The van der Waals surface area contributed by atoms with Crippen molar-refractivity contribution in [3.63, 3.8) is 0 Å². The van der Waals surface area contributed by atoms with E-state index in [1.807, 2.05) is 13.2 Å². The number of halogens is 1. The Morgan fingerprint density at radius 2 is 2.22 bits per heavy atom. The van der Waals surface area contributed by atoms with Gasteiger partial charge in [-0.2, -0.15) is 0 Å². The molecule has 1 aromatic heterocycles. The van der Waals surface area contributed by atoms with E-state index in [1.165, 1.54) is 29.1 Å². The van der Waals surface area contributed by atoms with Crippen molar-refractivity contribution in [3.05, 3.63) is 16.1 Å². The molecule has 1 saturated carbocycles. The molecule has 1 aliphatic carbocycles. The molecule has 1 heterocycles. The van der Waals surface area contributed by atoms with Gasteiger partial charge in [0.15, 0.2) is 5.96 Å². The van der Waals surface area contributed by atoms with Crippen LogP contribution in [-0.4, -0.2) is 44.8 Å². The Kier molecular flexibility index (Phi) is 9.38. The Morgan fingerprint density at radius 1 is 1.43 bits per heavy atom. The summed E-state index contributed by atoms with van der Waals surface area (Å²) in [5, 5.41) is 8.03. The lowest BCUT2D eigenvalue weighted by atomic mass is 9.67. The molecular weight excluding hydrogens is 423 g/mol. The standard InChI is InChI=1S/C16H28N4OS.HI/c1-13-11-19-14(22-13)5-9-18-15(17-2)20-12-16(6-4-7-16)8-10-21-3;/h11H,4-10,12H2,1-3H3,(H2,17,18,20);1H. The minimum Gasteiger partial charge on any atom is -0.385 e. The van der Waals surface area contributed by atoms with Crippen molar-refractivity contribution >= 4 is 41.3 Å². The molecule has 0 radical (unpaired) electrons. The Hall–Kier alpha value is -0.410. The number of aliphatic imine (C=N–C) groups is 1. The van der Waals surface area contributed by atoms with Crippen LogP contribution in [0.2, 0.25) is 0 Å². The van der Waals surface area contributed by atoms with E-state index >= 15 is 0 Å². The van der Waals surface area contributed by atoms with Crippen LogP contribution in [-0.2, 0) is 11.2 Å². The number of nitrogens with one attached hydrogen (secondary N) is 2. The number of hydrogen-bond acceptors (Lipinski definition) is 4. The van der Waals surface area contributed by atoms with Crippen molar-refractivity contribution in [3.8, 4) is 0 Å². The van der Waals surface area contributed by atoms with E-state index in [-0.39, 0.29) is 24.0 Å². The number of aromatic nitrogens is 1. The van der Waals surface area contributed by atoms with Gasteiger partial charge in [0.05, 0.1) is 5.01 Å². The highest BCUT2D eigenvalue weighted by Crippen LogP contribution is 2.43. The summed E-state index contributed by atoms with van der Waals surface area (Å²) in [4.78, 5) is 9.96. The van der Waals surface area contributed by atoms with Crippen LogP contribution >= 0.6 is 35.3 Å².